The molecule has 3 nitrogen and oxygen atoms in total. The normalized spacial score (nSPS) is 12.6. The Balaban J connectivity index is 2.89. The van der Waals surface area contributed by atoms with Gasteiger partial charge in [0.1, 0.15) is 0 Å². The summed E-state index contributed by atoms with van der Waals surface area (Å²) in [7, 11) is 0. The lowest BCUT2D eigenvalue weighted by atomic mass is 9.86. The molecule has 0 bridgehead atoms. The zero-order valence-corrected chi connectivity index (χ0v) is 12.9. The first kappa shape index (κ1) is 15.2. The van der Waals surface area contributed by atoms with Crippen LogP contribution >= 0.6 is 11.3 Å². The number of nitrogens with one attached hydrogen (secondary N) is 1. The van der Waals surface area contributed by atoms with Gasteiger partial charge >= 0.3 is 0 Å². The molecule has 0 aliphatic heterocycles. The third-order valence-corrected chi connectivity index (χ3v) is 4.67. The van der Waals surface area contributed by atoms with Gasteiger partial charge in [-0.3, -0.25) is 4.79 Å². The van der Waals surface area contributed by atoms with Gasteiger partial charge in [0.2, 0.25) is 0 Å². The van der Waals surface area contributed by atoms with Crippen LogP contribution in [0.1, 0.15) is 54.7 Å². The van der Waals surface area contributed by atoms with E-state index in [-0.39, 0.29) is 5.91 Å². The van der Waals surface area contributed by atoms with Crippen molar-refractivity contribution in [2.24, 2.45) is 0 Å². The molecule has 0 atom stereocenters. The van der Waals surface area contributed by atoms with E-state index in [1.165, 1.54) is 21.8 Å². The number of carbonyl (C=O) groups is 1. The second-order valence-corrected chi connectivity index (χ2v) is 6.94. The molecule has 1 rings (SSSR count). The first-order chi connectivity index (χ1) is 8.08. The lowest BCUT2D eigenvalue weighted by Crippen LogP contribution is -2.57. The summed E-state index contributed by atoms with van der Waals surface area (Å²) in [6.07, 6.45) is 0.935. The molecule has 1 amide bonds. The summed E-state index contributed by atoms with van der Waals surface area (Å²) >= 11 is 1.50. The van der Waals surface area contributed by atoms with E-state index >= 15 is 0 Å². The minimum atomic E-state index is -0.970. The largest absolute Gasteiger partial charge is 0.388 e. The number of hydrogen-bond acceptors (Lipinski definition) is 3. The van der Waals surface area contributed by atoms with Crippen molar-refractivity contribution in [1.29, 1.82) is 0 Å². The van der Waals surface area contributed by atoms with Gasteiger partial charge in [-0.1, -0.05) is 6.92 Å². The summed E-state index contributed by atoms with van der Waals surface area (Å²) in [5, 5.41) is 12.9. The second-order valence-electron chi connectivity index (χ2n) is 5.68. The van der Waals surface area contributed by atoms with E-state index in [0.29, 0.717) is 4.88 Å². The molecule has 0 saturated heterocycles. The lowest BCUT2D eigenvalue weighted by Gasteiger charge is -2.37. The number of carbonyl (C=O) groups excluding carboxylic acids is 1. The average Bonchev–Trinajstić information content (AvgIpc) is 2.57. The lowest BCUT2D eigenvalue weighted by molar-refractivity contribution is -0.00284. The molecule has 1 aromatic rings. The SMILES string of the molecule is CCc1cc(C(=O)NC(C)(C)C(C)(C)O)sc1C. The monoisotopic (exact) mass is 269 g/mol. The fraction of sp³-hybridized carbons (Fsp3) is 0.643. The Bertz CT molecular complexity index is 441. The van der Waals surface area contributed by atoms with Crippen molar-refractivity contribution in [2.75, 3.05) is 0 Å². The van der Waals surface area contributed by atoms with Crippen molar-refractivity contribution < 1.29 is 9.90 Å². The molecule has 0 unspecified atom stereocenters. The molecule has 1 heterocycles. The quantitative estimate of drug-likeness (QED) is 0.883. The number of amides is 1. The molecule has 0 aliphatic carbocycles. The maximum atomic E-state index is 12.2. The molecule has 0 fully saturated rings. The van der Waals surface area contributed by atoms with Gasteiger partial charge in [0, 0.05) is 4.88 Å². The Kier molecular flexibility index (Phi) is 4.23. The van der Waals surface area contributed by atoms with Gasteiger partial charge < -0.3 is 10.4 Å². The van der Waals surface area contributed by atoms with Crippen LogP contribution in [-0.2, 0) is 6.42 Å². The summed E-state index contributed by atoms with van der Waals surface area (Å²) in [6.45, 7) is 11.2. The van der Waals surface area contributed by atoms with Crippen LogP contribution in [0.3, 0.4) is 0 Å². The van der Waals surface area contributed by atoms with Crippen molar-refractivity contribution >= 4 is 17.2 Å². The molecule has 0 saturated carbocycles. The van der Waals surface area contributed by atoms with Gasteiger partial charge in [-0.2, -0.15) is 0 Å². The smallest absolute Gasteiger partial charge is 0.261 e. The molecule has 0 spiro atoms. The van der Waals surface area contributed by atoms with Gasteiger partial charge in [-0.05, 0) is 52.7 Å². The van der Waals surface area contributed by atoms with E-state index in [2.05, 4.69) is 12.2 Å². The highest BCUT2D eigenvalue weighted by Gasteiger charge is 2.36. The fourth-order valence-corrected chi connectivity index (χ4v) is 2.49. The fourth-order valence-electron chi connectivity index (χ4n) is 1.48. The number of thiophene rings is 1. The molecule has 2 N–H and O–H groups in total. The average molecular weight is 269 g/mol. The van der Waals surface area contributed by atoms with Crippen LogP contribution in [-0.4, -0.2) is 22.2 Å². The molecule has 0 aromatic carbocycles. The molecular formula is C14H23NO2S. The van der Waals surface area contributed by atoms with Gasteiger partial charge in [0.05, 0.1) is 16.0 Å². The number of rotatable bonds is 4. The summed E-state index contributed by atoms with van der Waals surface area (Å²) in [4.78, 5) is 14.1. The number of hydrogen-bond donors (Lipinski definition) is 2. The summed E-state index contributed by atoms with van der Waals surface area (Å²) in [5.41, 5.74) is -0.428. The van der Waals surface area contributed by atoms with E-state index in [0.717, 1.165) is 6.42 Å². The Hall–Kier alpha value is -0.870. The molecular weight excluding hydrogens is 246 g/mol. The van der Waals surface area contributed by atoms with Crippen LogP contribution < -0.4 is 5.32 Å². The van der Waals surface area contributed by atoms with Crippen LogP contribution in [0.4, 0.5) is 0 Å². The van der Waals surface area contributed by atoms with Gasteiger partial charge in [-0.25, -0.2) is 0 Å². The van der Waals surface area contributed by atoms with Crippen LogP contribution in [0.25, 0.3) is 0 Å². The third-order valence-electron chi connectivity index (χ3n) is 3.58. The standard InChI is InChI=1S/C14H23NO2S/c1-7-10-8-11(18-9(10)2)12(16)15-13(3,4)14(5,6)17/h8,17H,7H2,1-6H3,(H,15,16). The summed E-state index contributed by atoms with van der Waals surface area (Å²) in [6, 6.07) is 1.94. The topological polar surface area (TPSA) is 49.3 Å². The van der Waals surface area contributed by atoms with E-state index in [4.69, 9.17) is 0 Å². The highest BCUT2D eigenvalue weighted by atomic mass is 32.1. The zero-order chi connectivity index (χ0) is 14.1. The highest BCUT2D eigenvalue weighted by Crippen LogP contribution is 2.25. The minimum Gasteiger partial charge on any atom is -0.388 e. The Morgan fingerprint density at radius 1 is 1.39 bits per heavy atom. The Morgan fingerprint density at radius 2 is 1.94 bits per heavy atom. The van der Waals surface area contributed by atoms with Crippen LogP contribution in [0.2, 0.25) is 0 Å². The first-order valence-corrected chi connectivity index (χ1v) is 7.04. The molecule has 4 heteroatoms. The van der Waals surface area contributed by atoms with E-state index < -0.39 is 11.1 Å². The van der Waals surface area contributed by atoms with E-state index in [9.17, 15) is 9.90 Å². The first-order valence-electron chi connectivity index (χ1n) is 6.22. The second kappa shape index (κ2) is 5.02. The van der Waals surface area contributed by atoms with Gasteiger partial charge in [0.15, 0.2) is 0 Å². The van der Waals surface area contributed by atoms with Crippen molar-refractivity contribution in [3.8, 4) is 0 Å². The molecule has 102 valence electrons. The van der Waals surface area contributed by atoms with Crippen molar-refractivity contribution in [2.45, 2.75) is 59.1 Å². The molecule has 1 aromatic heterocycles. The van der Waals surface area contributed by atoms with Crippen LogP contribution in [0.15, 0.2) is 6.07 Å². The minimum absolute atomic E-state index is 0.116. The maximum absolute atomic E-state index is 12.2. The summed E-state index contributed by atoms with van der Waals surface area (Å²) < 4.78 is 0. The third kappa shape index (κ3) is 3.12. The molecule has 0 radical (unpaired) electrons. The molecule has 18 heavy (non-hydrogen) atoms. The summed E-state index contributed by atoms with van der Waals surface area (Å²) in [5.74, 6) is -0.116. The van der Waals surface area contributed by atoms with Crippen molar-refractivity contribution in [3.05, 3.63) is 21.4 Å². The van der Waals surface area contributed by atoms with E-state index in [1.54, 1.807) is 13.8 Å². The van der Waals surface area contributed by atoms with Gasteiger partial charge in [0.25, 0.3) is 5.91 Å². The predicted octanol–water partition coefficient (Wildman–Crippen LogP) is 2.90. The van der Waals surface area contributed by atoms with E-state index in [1.807, 2.05) is 26.8 Å². The molecule has 0 aliphatic rings. The Labute approximate surface area is 113 Å². The predicted molar refractivity (Wildman–Crippen MR) is 76.3 cm³/mol. The van der Waals surface area contributed by atoms with Gasteiger partial charge in [-0.15, -0.1) is 11.3 Å². The van der Waals surface area contributed by atoms with Crippen molar-refractivity contribution in [3.63, 3.8) is 0 Å². The van der Waals surface area contributed by atoms with Crippen molar-refractivity contribution in [1.82, 2.24) is 5.32 Å². The Morgan fingerprint density at radius 3 is 2.33 bits per heavy atom. The number of aliphatic hydroxyl groups is 1. The highest BCUT2D eigenvalue weighted by molar-refractivity contribution is 7.14. The number of aryl methyl sites for hydroxylation is 2. The maximum Gasteiger partial charge on any atom is 0.261 e. The van der Waals surface area contributed by atoms with Crippen LogP contribution in [0.5, 0.6) is 0 Å². The van der Waals surface area contributed by atoms with Crippen LogP contribution in [0, 0.1) is 6.92 Å². The zero-order valence-electron chi connectivity index (χ0n) is 12.0.